The number of methoxy groups -OCH3 is 1. The number of carbonyl (C=O) groups is 3. The van der Waals surface area contributed by atoms with Crippen molar-refractivity contribution in [3.05, 3.63) is 58.2 Å². The summed E-state index contributed by atoms with van der Waals surface area (Å²) in [6.45, 7) is 3.59. The Morgan fingerprint density at radius 3 is 2.56 bits per heavy atom. The summed E-state index contributed by atoms with van der Waals surface area (Å²) >= 11 is 0. The van der Waals surface area contributed by atoms with Gasteiger partial charge in [0.15, 0.2) is 5.78 Å². The molecule has 1 fully saturated rings. The fraction of sp³-hybridized carbons (Fsp3) is 0.480. The average Bonchev–Trinajstić information content (AvgIpc) is 3.25. The zero-order valence-electron chi connectivity index (χ0n) is 18.6. The third kappa shape index (κ3) is 3.96. The summed E-state index contributed by atoms with van der Waals surface area (Å²) in [6.07, 6.45) is 3.92. The predicted molar refractivity (Wildman–Crippen MR) is 115 cm³/mol. The molecule has 1 aromatic rings. The number of rotatable bonds is 4. The van der Waals surface area contributed by atoms with Crippen LogP contribution in [0.4, 0.5) is 4.39 Å². The number of halogens is 1. The maximum Gasteiger partial charge on any atom is 0.337 e. The topological polar surface area (TPSA) is 81.7 Å². The van der Waals surface area contributed by atoms with Crippen LogP contribution in [0.15, 0.2) is 46.8 Å². The van der Waals surface area contributed by atoms with Gasteiger partial charge in [0, 0.05) is 22.9 Å². The molecule has 2 aliphatic carbocycles. The summed E-state index contributed by atoms with van der Waals surface area (Å²) in [5.41, 5.74) is 2.31. The first-order valence-corrected chi connectivity index (χ1v) is 11.1. The van der Waals surface area contributed by atoms with Crippen LogP contribution < -0.4 is 5.32 Å². The van der Waals surface area contributed by atoms with Crippen LogP contribution in [0.1, 0.15) is 57.4 Å². The van der Waals surface area contributed by atoms with Crippen molar-refractivity contribution in [2.45, 2.75) is 58.0 Å². The minimum atomic E-state index is -0.970. The molecule has 0 amide bonds. The molecule has 0 spiro atoms. The van der Waals surface area contributed by atoms with Crippen LogP contribution in [0.5, 0.6) is 0 Å². The minimum absolute atomic E-state index is 0.156. The molecule has 170 valence electrons. The second-order valence-corrected chi connectivity index (χ2v) is 8.90. The first-order valence-electron chi connectivity index (χ1n) is 11.1. The maximum atomic E-state index is 14.2. The van der Waals surface area contributed by atoms with Gasteiger partial charge in [0.1, 0.15) is 17.8 Å². The van der Waals surface area contributed by atoms with Crippen molar-refractivity contribution in [3.8, 4) is 0 Å². The monoisotopic (exact) mass is 441 g/mol. The fourth-order valence-corrected chi connectivity index (χ4v) is 5.19. The number of carbonyl (C=O) groups excluding carboxylic acids is 3. The van der Waals surface area contributed by atoms with Crippen LogP contribution in [0.2, 0.25) is 0 Å². The van der Waals surface area contributed by atoms with E-state index in [0.29, 0.717) is 29.0 Å². The van der Waals surface area contributed by atoms with Crippen molar-refractivity contribution in [3.63, 3.8) is 0 Å². The van der Waals surface area contributed by atoms with Crippen LogP contribution >= 0.6 is 0 Å². The predicted octanol–water partition coefficient (Wildman–Crippen LogP) is 3.92. The maximum absolute atomic E-state index is 14.2. The molecule has 1 N–H and O–H groups in total. The van der Waals surface area contributed by atoms with Crippen molar-refractivity contribution in [1.82, 2.24) is 5.32 Å². The van der Waals surface area contributed by atoms with Gasteiger partial charge >= 0.3 is 11.9 Å². The third-order valence-corrected chi connectivity index (χ3v) is 6.72. The Labute approximate surface area is 186 Å². The molecule has 1 saturated carbocycles. The van der Waals surface area contributed by atoms with E-state index in [-0.39, 0.29) is 17.6 Å². The number of allylic oxidation sites excluding steroid dienone is 3. The number of nitrogens with one attached hydrogen (secondary N) is 1. The molecule has 4 rings (SSSR count). The molecule has 3 atom stereocenters. The van der Waals surface area contributed by atoms with Crippen LogP contribution in [-0.2, 0) is 23.9 Å². The molecular weight excluding hydrogens is 413 g/mol. The van der Waals surface area contributed by atoms with Crippen molar-refractivity contribution < 1.29 is 28.2 Å². The Bertz CT molecular complexity index is 1020. The first-order chi connectivity index (χ1) is 15.3. The second-order valence-electron chi connectivity index (χ2n) is 8.90. The van der Waals surface area contributed by atoms with Crippen molar-refractivity contribution in [1.29, 1.82) is 0 Å². The van der Waals surface area contributed by atoms with Gasteiger partial charge in [-0.05, 0) is 62.6 Å². The summed E-state index contributed by atoms with van der Waals surface area (Å²) in [5.74, 6) is -4.03. The normalized spacial score (nSPS) is 26.0. The SMILES string of the molecule is COC(=O)[C@H]1C(=O)C2=C(C[C@H]1C)NC(C)=C(C(=O)OC1CCCC1)[C@@H]2c1cccc(F)c1. The number of benzene rings is 1. The number of Topliss-reactive ketones (excluding diaryl/α,β-unsaturated/α-hetero) is 1. The molecule has 0 bridgehead atoms. The Balaban J connectivity index is 1.81. The lowest BCUT2D eigenvalue weighted by Crippen LogP contribution is -2.43. The Hall–Kier alpha value is -2.96. The largest absolute Gasteiger partial charge is 0.468 e. The Morgan fingerprint density at radius 1 is 1.19 bits per heavy atom. The van der Waals surface area contributed by atoms with Crippen LogP contribution in [0, 0.1) is 17.7 Å². The van der Waals surface area contributed by atoms with E-state index in [1.54, 1.807) is 19.1 Å². The molecule has 0 aromatic heterocycles. The van der Waals surface area contributed by atoms with Gasteiger partial charge in [-0.2, -0.15) is 0 Å². The van der Waals surface area contributed by atoms with E-state index in [0.717, 1.165) is 25.7 Å². The van der Waals surface area contributed by atoms with Gasteiger partial charge in [-0.15, -0.1) is 0 Å². The summed E-state index contributed by atoms with van der Waals surface area (Å²) in [5, 5.41) is 3.22. The van der Waals surface area contributed by atoms with Crippen molar-refractivity contribution in [2.24, 2.45) is 11.8 Å². The third-order valence-electron chi connectivity index (χ3n) is 6.72. The van der Waals surface area contributed by atoms with E-state index in [4.69, 9.17) is 9.47 Å². The molecule has 1 heterocycles. The molecule has 7 heteroatoms. The molecule has 0 saturated heterocycles. The van der Waals surface area contributed by atoms with Crippen molar-refractivity contribution >= 4 is 17.7 Å². The summed E-state index contributed by atoms with van der Waals surface area (Å²) in [4.78, 5) is 39.3. The second kappa shape index (κ2) is 8.88. The highest BCUT2D eigenvalue weighted by Crippen LogP contribution is 2.45. The Kier molecular flexibility index (Phi) is 6.17. The molecule has 3 aliphatic rings. The van der Waals surface area contributed by atoms with Gasteiger partial charge in [0.05, 0.1) is 12.7 Å². The standard InChI is InChI=1S/C25H28FNO5/c1-13-11-18-22(23(28)19(13)24(29)31-3)21(15-7-6-8-16(26)12-15)20(14(2)27-18)25(30)32-17-9-4-5-10-17/h6-8,12-13,17,19,21,27H,4-5,9-11H2,1-3H3/t13-,19-,21+/m1/s1. The zero-order valence-corrected chi connectivity index (χ0v) is 18.6. The number of ketones is 1. The van der Waals surface area contributed by atoms with E-state index in [2.05, 4.69) is 5.32 Å². The quantitative estimate of drug-likeness (QED) is 0.563. The minimum Gasteiger partial charge on any atom is -0.468 e. The van der Waals surface area contributed by atoms with E-state index in [1.165, 1.54) is 19.2 Å². The van der Waals surface area contributed by atoms with Gasteiger partial charge in [0.2, 0.25) is 0 Å². The molecule has 0 unspecified atom stereocenters. The molecule has 32 heavy (non-hydrogen) atoms. The van der Waals surface area contributed by atoms with Gasteiger partial charge < -0.3 is 14.8 Å². The van der Waals surface area contributed by atoms with Gasteiger partial charge in [-0.1, -0.05) is 19.1 Å². The molecule has 1 aromatic carbocycles. The fourth-order valence-electron chi connectivity index (χ4n) is 5.19. The van der Waals surface area contributed by atoms with Crippen LogP contribution in [-0.4, -0.2) is 30.9 Å². The summed E-state index contributed by atoms with van der Waals surface area (Å²) < 4.78 is 24.9. The average molecular weight is 441 g/mol. The van der Waals surface area contributed by atoms with Gasteiger partial charge in [-0.25, -0.2) is 9.18 Å². The molecule has 0 radical (unpaired) electrons. The highest BCUT2D eigenvalue weighted by Gasteiger charge is 2.47. The number of hydrogen-bond acceptors (Lipinski definition) is 6. The van der Waals surface area contributed by atoms with E-state index >= 15 is 0 Å². The van der Waals surface area contributed by atoms with E-state index in [1.807, 2.05) is 6.92 Å². The zero-order chi connectivity index (χ0) is 23.0. The highest BCUT2D eigenvalue weighted by atomic mass is 19.1. The molecular formula is C25H28FNO5. The number of ether oxygens (including phenoxy) is 2. The first kappa shape index (κ1) is 22.2. The summed E-state index contributed by atoms with van der Waals surface area (Å²) in [7, 11) is 1.25. The van der Waals surface area contributed by atoms with Crippen LogP contribution in [0.3, 0.4) is 0 Å². The summed E-state index contributed by atoms with van der Waals surface area (Å²) in [6, 6.07) is 5.89. The van der Waals surface area contributed by atoms with Gasteiger partial charge in [-0.3, -0.25) is 9.59 Å². The lowest BCUT2D eigenvalue weighted by atomic mass is 9.69. The smallest absolute Gasteiger partial charge is 0.337 e. The number of dihydropyridines is 1. The number of hydrogen-bond donors (Lipinski definition) is 1. The van der Waals surface area contributed by atoms with E-state index in [9.17, 15) is 18.8 Å². The molecule has 6 nitrogen and oxygen atoms in total. The van der Waals surface area contributed by atoms with Gasteiger partial charge in [0.25, 0.3) is 0 Å². The lowest BCUT2D eigenvalue weighted by molar-refractivity contribution is -0.151. The molecule has 1 aliphatic heterocycles. The van der Waals surface area contributed by atoms with Crippen LogP contribution in [0.25, 0.3) is 0 Å². The highest BCUT2D eigenvalue weighted by molar-refractivity contribution is 6.12. The Morgan fingerprint density at radius 2 is 1.91 bits per heavy atom. The van der Waals surface area contributed by atoms with E-state index < -0.39 is 35.4 Å². The lowest BCUT2D eigenvalue weighted by Gasteiger charge is -2.38. The van der Waals surface area contributed by atoms with Crippen molar-refractivity contribution in [2.75, 3.05) is 7.11 Å². The number of esters is 2.